The second-order valence-corrected chi connectivity index (χ2v) is 10.3. The van der Waals surface area contributed by atoms with Crippen molar-refractivity contribution in [2.24, 2.45) is 0 Å². The van der Waals surface area contributed by atoms with Gasteiger partial charge in [0, 0.05) is 30.8 Å². The van der Waals surface area contributed by atoms with Crippen molar-refractivity contribution < 1.29 is 23.7 Å². The number of amides is 1. The number of aromatic nitrogens is 2. The first-order valence-electron chi connectivity index (χ1n) is 13.0. The van der Waals surface area contributed by atoms with Gasteiger partial charge in [-0.3, -0.25) is 4.79 Å². The summed E-state index contributed by atoms with van der Waals surface area (Å²) in [5.74, 6) is 2.23. The molecule has 2 aromatic carbocycles. The van der Waals surface area contributed by atoms with Gasteiger partial charge >= 0.3 is 0 Å². The molecular formula is C30H33N3O5S. The van der Waals surface area contributed by atoms with Gasteiger partial charge in [-0.05, 0) is 67.8 Å². The summed E-state index contributed by atoms with van der Waals surface area (Å²) in [6, 6.07) is 17.4. The molecule has 8 nitrogen and oxygen atoms in total. The van der Waals surface area contributed by atoms with Gasteiger partial charge < -0.3 is 28.8 Å². The van der Waals surface area contributed by atoms with Crippen LogP contribution >= 0.6 is 11.3 Å². The number of thiazole rings is 1. The largest absolute Gasteiger partial charge is 0.497 e. The van der Waals surface area contributed by atoms with Crippen molar-refractivity contribution in [2.45, 2.75) is 39.0 Å². The molecule has 0 bridgehead atoms. The molecule has 2 aromatic heterocycles. The first-order valence-corrected chi connectivity index (χ1v) is 13.9. The van der Waals surface area contributed by atoms with E-state index in [4.69, 9.17) is 23.9 Å². The van der Waals surface area contributed by atoms with Crippen molar-refractivity contribution in [1.29, 1.82) is 0 Å². The Hall–Kier alpha value is -3.82. The SMILES string of the molecule is COc1ccc(Cn2c(-c3csc(COc4ccc(OC)cc4)n3)cc(C(=O)NCC3CCCO3)c2C)cc1. The molecule has 0 spiro atoms. The van der Waals surface area contributed by atoms with Crippen LogP contribution in [0.25, 0.3) is 11.4 Å². The fraction of sp³-hybridized carbons (Fsp3) is 0.333. The number of hydrogen-bond acceptors (Lipinski definition) is 7. The summed E-state index contributed by atoms with van der Waals surface area (Å²) in [6.07, 6.45) is 2.10. The summed E-state index contributed by atoms with van der Waals surface area (Å²) in [5.41, 5.74) is 4.32. The highest BCUT2D eigenvalue weighted by Crippen LogP contribution is 2.29. The van der Waals surface area contributed by atoms with E-state index in [0.29, 0.717) is 25.3 Å². The van der Waals surface area contributed by atoms with Crippen LogP contribution in [0.5, 0.6) is 17.2 Å². The molecule has 5 rings (SSSR count). The summed E-state index contributed by atoms with van der Waals surface area (Å²) in [5, 5.41) is 5.93. The zero-order valence-corrected chi connectivity index (χ0v) is 23.3. The number of nitrogens with zero attached hydrogens (tertiary/aromatic N) is 2. The van der Waals surface area contributed by atoms with E-state index >= 15 is 0 Å². The van der Waals surface area contributed by atoms with E-state index in [-0.39, 0.29) is 12.0 Å². The minimum atomic E-state index is -0.101. The number of nitrogens with one attached hydrogen (secondary N) is 1. The highest BCUT2D eigenvalue weighted by Gasteiger charge is 2.22. The first-order chi connectivity index (χ1) is 19.0. The molecule has 1 unspecified atom stereocenters. The fourth-order valence-electron chi connectivity index (χ4n) is 4.62. The van der Waals surface area contributed by atoms with Crippen LogP contribution in [-0.4, -0.2) is 48.9 Å². The first kappa shape index (κ1) is 26.8. The van der Waals surface area contributed by atoms with Crippen LogP contribution in [0.3, 0.4) is 0 Å². The van der Waals surface area contributed by atoms with Crippen LogP contribution in [0.15, 0.2) is 60.0 Å². The lowest BCUT2D eigenvalue weighted by Crippen LogP contribution is -2.32. The highest BCUT2D eigenvalue weighted by atomic mass is 32.1. The lowest BCUT2D eigenvalue weighted by molar-refractivity contribution is 0.0857. The van der Waals surface area contributed by atoms with Gasteiger partial charge in [0.15, 0.2) is 0 Å². The van der Waals surface area contributed by atoms with E-state index < -0.39 is 0 Å². The van der Waals surface area contributed by atoms with Crippen molar-refractivity contribution in [3.63, 3.8) is 0 Å². The molecule has 204 valence electrons. The van der Waals surface area contributed by atoms with E-state index in [9.17, 15) is 4.79 Å². The van der Waals surface area contributed by atoms with Crippen molar-refractivity contribution in [2.75, 3.05) is 27.4 Å². The van der Waals surface area contributed by atoms with Gasteiger partial charge in [0.25, 0.3) is 5.91 Å². The molecule has 0 radical (unpaired) electrons. The molecule has 9 heteroatoms. The number of benzene rings is 2. The lowest BCUT2D eigenvalue weighted by Gasteiger charge is -2.13. The quantitative estimate of drug-likeness (QED) is 0.268. The Bertz CT molecular complexity index is 1390. The second kappa shape index (κ2) is 12.4. The average molecular weight is 548 g/mol. The van der Waals surface area contributed by atoms with Crippen molar-refractivity contribution >= 4 is 17.2 Å². The molecule has 1 atom stereocenters. The van der Waals surface area contributed by atoms with Crippen LogP contribution in [0.2, 0.25) is 0 Å². The molecule has 1 amide bonds. The normalized spacial score (nSPS) is 14.8. The molecule has 39 heavy (non-hydrogen) atoms. The fourth-order valence-corrected chi connectivity index (χ4v) is 5.32. The van der Waals surface area contributed by atoms with E-state index in [0.717, 1.165) is 64.3 Å². The molecule has 0 aliphatic carbocycles. The standard InChI is InChI=1S/C30H33N3O5S/c1-20-26(30(34)31-16-25-5-4-14-37-25)15-28(33(20)17-21-6-8-22(35-2)9-7-21)27-19-39-29(32-27)18-38-24-12-10-23(36-3)11-13-24/h6-13,15,19,25H,4-5,14,16-18H2,1-3H3,(H,31,34). The molecule has 1 saturated heterocycles. The summed E-state index contributed by atoms with van der Waals surface area (Å²) >= 11 is 1.53. The van der Waals surface area contributed by atoms with E-state index in [1.807, 2.05) is 66.9 Å². The Balaban J connectivity index is 1.38. The topological polar surface area (TPSA) is 83.8 Å². The number of carbonyl (C=O) groups excluding carboxylic acids is 1. The molecule has 1 N–H and O–H groups in total. The maximum absolute atomic E-state index is 13.2. The van der Waals surface area contributed by atoms with Gasteiger partial charge in [0.05, 0.1) is 37.3 Å². The summed E-state index contributed by atoms with van der Waals surface area (Å²) < 4.78 is 24.3. The maximum Gasteiger partial charge on any atom is 0.253 e. The van der Waals surface area contributed by atoms with Crippen molar-refractivity contribution in [3.05, 3.63) is 81.8 Å². The minimum Gasteiger partial charge on any atom is -0.497 e. The van der Waals surface area contributed by atoms with Crippen LogP contribution in [0.1, 0.15) is 39.5 Å². The number of methoxy groups -OCH3 is 2. The predicted octanol–water partition coefficient (Wildman–Crippen LogP) is 5.47. The van der Waals surface area contributed by atoms with Crippen molar-refractivity contribution in [1.82, 2.24) is 14.9 Å². The second-order valence-electron chi connectivity index (χ2n) is 9.40. The van der Waals surface area contributed by atoms with Gasteiger partial charge in [0.1, 0.15) is 28.9 Å². The monoisotopic (exact) mass is 547 g/mol. The third kappa shape index (κ3) is 6.43. The summed E-state index contributed by atoms with van der Waals surface area (Å²) in [4.78, 5) is 18.1. The third-order valence-corrected chi connectivity index (χ3v) is 7.68. The smallest absolute Gasteiger partial charge is 0.253 e. The maximum atomic E-state index is 13.2. The summed E-state index contributed by atoms with van der Waals surface area (Å²) in [7, 11) is 3.29. The van der Waals surface area contributed by atoms with Gasteiger partial charge in [-0.1, -0.05) is 12.1 Å². The van der Waals surface area contributed by atoms with E-state index in [1.165, 1.54) is 11.3 Å². The highest BCUT2D eigenvalue weighted by molar-refractivity contribution is 7.09. The molecular weight excluding hydrogens is 514 g/mol. The van der Waals surface area contributed by atoms with Crippen LogP contribution in [0.4, 0.5) is 0 Å². The van der Waals surface area contributed by atoms with E-state index in [1.54, 1.807) is 14.2 Å². The Kier molecular flexibility index (Phi) is 8.48. The zero-order chi connectivity index (χ0) is 27.2. The van der Waals surface area contributed by atoms with Gasteiger partial charge in [-0.2, -0.15) is 0 Å². The molecule has 1 fully saturated rings. The molecule has 4 aromatic rings. The Labute approximate surface area is 232 Å². The Morgan fingerprint density at radius 2 is 1.77 bits per heavy atom. The summed E-state index contributed by atoms with van der Waals surface area (Å²) in [6.45, 7) is 4.20. The van der Waals surface area contributed by atoms with Crippen LogP contribution < -0.4 is 19.5 Å². The lowest BCUT2D eigenvalue weighted by atomic mass is 10.2. The molecule has 1 aliphatic rings. The Morgan fingerprint density at radius 3 is 2.44 bits per heavy atom. The number of carbonyl (C=O) groups is 1. The van der Waals surface area contributed by atoms with Crippen molar-refractivity contribution in [3.8, 4) is 28.6 Å². The van der Waals surface area contributed by atoms with Gasteiger partial charge in [-0.25, -0.2) is 4.98 Å². The average Bonchev–Trinajstić information content (AvgIpc) is 3.73. The van der Waals surface area contributed by atoms with Crippen LogP contribution in [0, 0.1) is 6.92 Å². The third-order valence-electron chi connectivity index (χ3n) is 6.86. The number of rotatable bonds is 11. The zero-order valence-electron chi connectivity index (χ0n) is 22.4. The molecule has 1 aliphatic heterocycles. The number of ether oxygens (including phenoxy) is 4. The predicted molar refractivity (Wildman–Crippen MR) is 151 cm³/mol. The van der Waals surface area contributed by atoms with Crippen LogP contribution in [-0.2, 0) is 17.9 Å². The molecule has 3 heterocycles. The van der Waals surface area contributed by atoms with Gasteiger partial charge in [-0.15, -0.1) is 11.3 Å². The van der Waals surface area contributed by atoms with Gasteiger partial charge in [0.2, 0.25) is 0 Å². The van der Waals surface area contributed by atoms with E-state index in [2.05, 4.69) is 9.88 Å². The minimum absolute atomic E-state index is 0.0851. The molecule has 0 saturated carbocycles. The Morgan fingerprint density at radius 1 is 1.08 bits per heavy atom. The number of hydrogen-bond donors (Lipinski definition) is 1.